The molecule has 0 saturated carbocycles. The number of carbonyl (C=O) groups excluding carboxylic acids is 1. The molecule has 0 unspecified atom stereocenters. The van der Waals surface area contributed by atoms with Gasteiger partial charge in [0.05, 0.1) is 12.0 Å². The number of likely N-dealkylation sites (tertiary alicyclic amines) is 1. The second kappa shape index (κ2) is 4.66. The van der Waals surface area contributed by atoms with Gasteiger partial charge in [0.1, 0.15) is 0 Å². The Morgan fingerprint density at radius 3 is 2.69 bits per heavy atom. The molecule has 1 amide bonds. The third-order valence-electron chi connectivity index (χ3n) is 3.38. The first-order valence-electron chi connectivity index (χ1n) is 5.79. The molecule has 3 nitrogen and oxygen atoms in total. The zero-order chi connectivity index (χ0) is 11.5. The minimum Gasteiger partial charge on any atom is -0.336 e. The van der Waals surface area contributed by atoms with Gasteiger partial charge in [0.2, 0.25) is 5.91 Å². The van der Waals surface area contributed by atoms with Gasteiger partial charge in [-0.2, -0.15) is 0 Å². The highest BCUT2D eigenvalue weighted by Gasteiger charge is 2.33. The molecule has 0 aliphatic carbocycles. The van der Waals surface area contributed by atoms with Crippen LogP contribution in [0.1, 0.15) is 24.9 Å². The van der Waals surface area contributed by atoms with Crippen LogP contribution in [0.4, 0.5) is 0 Å². The number of hydrogen-bond acceptors (Lipinski definition) is 2. The first kappa shape index (κ1) is 11.1. The van der Waals surface area contributed by atoms with Crippen LogP contribution in [-0.4, -0.2) is 23.9 Å². The van der Waals surface area contributed by atoms with Crippen LogP contribution in [0.2, 0.25) is 0 Å². The SMILES string of the molecule is C[C@H](c1ccccc1)N1CC[C@H](CN)C1=O. The van der Waals surface area contributed by atoms with E-state index in [4.69, 9.17) is 5.73 Å². The van der Waals surface area contributed by atoms with Crippen molar-refractivity contribution >= 4 is 5.91 Å². The van der Waals surface area contributed by atoms with Crippen molar-refractivity contribution in [2.75, 3.05) is 13.1 Å². The maximum absolute atomic E-state index is 12.0. The fourth-order valence-electron chi connectivity index (χ4n) is 2.28. The van der Waals surface area contributed by atoms with Crippen LogP contribution in [0.25, 0.3) is 0 Å². The lowest BCUT2D eigenvalue weighted by Crippen LogP contribution is -2.32. The van der Waals surface area contributed by atoms with Crippen LogP contribution < -0.4 is 5.73 Å². The lowest BCUT2D eigenvalue weighted by molar-refractivity contribution is -0.132. The van der Waals surface area contributed by atoms with Crippen LogP contribution >= 0.6 is 0 Å². The van der Waals surface area contributed by atoms with Gasteiger partial charge in [-0.15, -0.1) is 0 Å². The van der Waals surface area contributed by atoms with Crippen LogP contribution in [0.15, 0.2) is 30.3 Å². The Bertz CT molecular complexity index is 363. The monoisotopic (exact) mass is 218 g/mol. The fraction of sp³-hybridized carbons (Fsp3) is 0.462. The minimum absolute atomic E-state index is 0.0335. The molecule has 0 aromatic heterocycles. The highest BCUT2D eigenvalue weighted by atomic mass is 16.2. The van der Waals surface area contributed by atoms with Gasteiger partial charge >= 0.3 is 0 Å². The Kier molecular flexibility index (Phi) is 3.25. The summed E-state index contributed by atoms with van der Waals surface area (Å²) in [5.74, 6) is 0.241. The van der Waals surface area contributed by atoms with Crippen LogP contribution in [0.5, 0.6) is 0 Å². The standard InChI is InChI=1S/C13H18N2O/c1-10(11-5-3-2-4-6-11)15-8-7-12(9-14)13(15)16/h2-6,10,12H,7-9,14H2,1H3/t10-,12-/m1/s1. The Hall–Kier alpha value is -1.35. The average Bonchev–Trinajstić information content (AvgIpc) is 2.70. The Morgan fingerprint density at radius 1 is 1.44 bits per heavy atom. The maximum atomic E-state index is 12.0. The molecule has 1 heterocycles. The predicted octanol–water partition coefficient (Wildman–Crippen LogP) is 1.55. The molecule has 1 aromatic carbocycles. The van der Waals surface area contributed by atoms with E-state index in [0.29, 0.717) is 6.54 Å². The van der Waals surface area contributed by atoms with Gasteiger partial charge in [0.15, 0.2) is 0 Å². The molecule has 1 aromatic rings. The van der Waals surface area contributed by atoms with Crippen molar-refractivity contribution in [3.63, 3.8) is 0 Å². The highest BCUT2D eigenvalue weighted by molar-refractivity contribution is 5.81. The van der Waals surface area contributed by atoms with Crippen molar-refractivity contribution in [1.29, 1.82) is 0 Å². The molecule has 2 N–H and O–H groups in total. The van der Waals surface area contributed by atoms with E-state index < -0.39 is 0 Å². The van der Waals surface area contributed by atoms with Crippen molar-refractivity contribution in [2.24, 2.45) is 11.7 Å². The molecule has 1 fully saturated rings. The molecule has 16 heavy (non-hydrogen) atoms. The zero-order valence-electron chi connectivity index (χ0n) is 9.60. The van der Waals surface area contributed by atoms with Crippen molar-refractivity contribution < 1.29 is 4.79 Å². The normalized spacial score (nSPS) is 22.5. The third-order valence-corrected chi connectivity index (χ3v) is 3.38. The van der Waals surface area contributed by atoms with Crippen LogP contribution in [-0.2, 0) is 4.79 Å². The van der Waals surface area contributed by atoms with E-state index in [9.17, 15) is 4.79 Å². The lowest BCUT2D eigenvalue weighted by Gasteiger charge is -2.25. The predicted molar refractivity (Wildman–Crippen MR) is 63.7 cm³/mol. The van der Waals surface area contributed by atoms with Crippen molar-refractivity contribution in [3.05, 3.63) is 35.9 Å². The van der Waals surface area contributed by atoms with Crippen LogP contribution in [0.3, 0.4) is 0 Å². The third kappa shape index (κ3) is 1.95. The van der Waals surface area contributed by atoms with Gasteiger partial charge < -0.3 is 10.6 Å². The summed E-state index contributed by atoms with van der Waals surface area (Å²) in [5.41, 5.74) is 6.77. The summed E-state index contributed by atoms with van der Waals surface area (Å²) in [6.45, 7) is 3.37. The summed E-state index contributed by atoms with van der Waals surface area (Å²) in [6.07, 6.45) is 0.895. The van der Waals surface area contributed by atoms with E-state index in [1.807, 2.05) is 23.1 Å². The lowest BCUT2D eigenvalue weighted by atomic mass is 10.1. The summed E-state index contributed by atoms with van der Waals surface area (Å²) in [5, 5.41) is 0. The summed E-state index contributed by atoms with van der Waals surface area (Å²) in [6, 6.07) is 10.3. The van der Waals surface area contributed by atoms with Crippen molar-refractivity contribution in [3.8, 4) is 0 Å². The maximum Gasteiger partial charge on any atom is 0.227 e. The molecule has 0 spiro atoms. The topological polar surface area (TPSA) is 46.3 Å². The Balaban J connectivity index is 2.12. The quantitative estimate of drug-likeness (QED) is 0.836. The summed E-state index contributed by atoms with van der Waals surface area (Å²) < 4.78 is 0. The summed E-state index contributed by atoms with van der Waals surface area (Å²) >= 11 is 0. The first-order chi connectivity index (χ1) is 7.74. The fourth-order valence-corrected chi connectivity index (χ4v) is 2.28. The van der Waals surface area contributed by atoms with Crippen LogP contribution in [0, 0.1) is 5.92 Å². The van der Waals surface area contributed by atoms with Crippen molar-refractivity contribution in [1.82, 2.24) is 4.90 Å². The molecule has 86 valence electrons. The van der Waals surface area contributed by atoms with Gasteiger partial charge in [0, 0.05) is 13.1 Å². The van der Waals surface area contributed by atoms with Gasteiger partial charge in [-0.05, 0) is 18.9 Å². The first-order valence-corrected chi connectivity index (χ1v) is 5.79. The summed E-state index contributed by atoms with van der Waals surface area (Å²) in [7, 11) is 0. The molecular formula is C13H18N2O. The highest BCUT2D eigenvalue weighted by Crippen LogP contribution is 2.27. The van der Waals surface area contributed by atoms with E-state index in [1.54, 1.807) is 0 Å². The van der Waals surface area contributed by atoms with Gasteiger partial charge in [0.25, 0.3) is 0 Å². The van der Waals surface area contributed by atoms with E-state index in [1.165, 1.54) is 5.56 Å². The molecule has 3 heteroatoms. The molecule has 2 atom stereocenters. The molecule has 2 rings (SSSR count). The van der Waals surface area contributed by atoms with E-state index >= 15 is 0 Å². The number of benzene rings is 1. The molecule has 0 radical (unpaired) electrons. The number of amides is 1. The Labute approximate surface area is 96.2 Å². The second-order valence-electron chi connectivity index (χ2n) is 4.34. The van der Waals surface area contributed by atoms with Gasteiger partial charge in [-0.1, -0.05) is 30.3 Å². The summed E-state index contributed by atoms with van der Waals surface area (Å²) in [4.78, 5) is 13.9. The smallest absolute Gasteiger partial charge is 0.227 e. The number of carbonyl (C=O) groups is 1. The molecular weight excluding hydrogens is 200 g/mol. The zero-order valence-corrected chi connectivity index (χ0v) is 9.60. The largest absolute Gasteiger partial charge is 0.336 e. The molecule has 1 aliphatic rings. The number of rotatable bonds is 3. The van der Waals surface area contributed by atoms with E-state index in [0.717, 1.165) is 13.0 Å². The Morgan fingerprint density at radius 2 is 2.12 bits per heavy atom. The molecule has 1 aliphatic heterocycles. The second-order valence-corrected chi connectivity index (χ2v) is 4.34. The van der Waals surface area contributed by atoms with Crippen molar-refractivity contribution in [2.45, 2.75) is 19.4 Å². The van der Waals surface area contributed by atoms with Gasteiger partial charge in [-0.3, -0.25) is 4.79 Å². The average molecular weight is 218 g/mol. The van der Waals surface area contributed by atoms with E-state index in [-0.39, 0.29) is 17.9 Å². The minimum atomic E-state index is 0.0335. The van der Waals surface area contributed by atoms with Gasteiger partial charge in [-0.25, -0.2) is 0 Å². The molecule has 0 bridgehead atoms. The molecule has 1 saturated heterocycles. The number of nitrogens with two attached hydrogens (primary N) is 1. The van der Waals surface area contributed by atoms with E-state index in [2.05, 4.69) is 19.1 Å². The number of hydrogen-bond donors (Lipinski definition) is 1. The number of nitrogens with zero attached hydrogens (tertiary/aromatic N) is 1.